The van der Waals surface area contributed by atoms with Gasteiger partial charge in [-0.15, -0.1) is 0 Å². The lowest BCUT2D eigenvalue weighted by molar-refractivity contribution is -0.139. The first-order valence-corrected chi connectivity index (χ1v) is 8.51. The highest BCUT2D eigenvalue weighted by molar-refractivity contribution is 5.89. The number of rotatable bonds is 5. The number of ether oxygens (including phenoxy) is 2. The molecule has 148 valence electrons. The number of carboxylic acid groups (broad SMARTS) is 1. The number of alkyl halides is 3. The predicted molar refractivity (Wildman–Crippen MR) is 92.6 cm³/mol. The zero-order chi connectivity index (χ0) is 20.5. The maximum Gasteiger partial charge on any atom is 0.420 e. The molecule has 8 heteroatoms. The normalized spacial score (nSPS) is 15.8. The molecule has 0 aromatic heterocycles. The van der Waals surface area contributed by atoms with Gasteiger partial charge in [0.2, 0.25) is 0 Å². The minimum absolute atomic E-state index is 0.0143. The van der Waals surface area contributed by atoms with Crippen LogP contribution in [0.3, 0.4) is 0 Å². The van der Waals surface area contributed by atoms with Crippen molar-refractivity contribution in [2.24, 2.45) is 0 Å². The monoisotopic (exact) mass is 394 g/mol. The summed E-state index contributed by atoms with van der Waals surface area (Å²) in [4.78, 5) is 22.5. The highest BCUT2D eigenvalue weighted by Crippen LogP contribution is 2.41. The number of esters is 1. The Labute approximate surface area is 158 Å². The average Bonchev–Trinajstić information content (AvgIpc) is 3.02. The van der Waals surface area contributed by atoms with Crippen molar-refractivity contribution in [3.05, 3.63) is 58.7 Å². The summed E-state index contributed by atoms with van der Waals surface area (Å²) >= 11 is 0. The zero-order valence-corrected chi connectivity index (χ0v) is 14.9. The fraction of sp³-hybridized carbons (Fsp3) is 0.300. The van der Waals surface area contributed by atoms with Crippen LogP contribution in [0, 0.1) is 0 Å². The SMILES string of the molecule is COC(=O)c1ccc(Oc2ccc3c(c2)CC[C@H]3CC(=O)O)c(C(F)(F)F)c1. The van der Waals surface area contributed by atoms with Crippen LogP contribution in [0.15, 0.2) is 36.4 Å². The smallest absolute Gasteiger partial charge is 0.420 e. The van der Waals surface area contributed by atoms with Crippen molar-refractivity contribution in [3.63, 3.8) is 0 Å². The quantitative estimate of drug-likeness (QED) is 0.739. The van der Waals surface area contributed by atoms with E-state index in [2.05, 4.69) is 4.74 Å². The van der Waals surface area contributed by atoms with E-state index in [4.69, 9.17) is 9.84 Å². The van der Waals surface area contributed by atoms with E-state index in [1.54, 1.807) is 12.1 Å². The molecule has 0 heterocycles. The predicted octanol–water partition coefficient (Wildman–Crippen LogP) is 4.79. The molecular formula is C20H17F3O5. The number of halogens is 3. The van der Waals surface area contributed by atoms with Gasteiger partial charge in [0.15, 0.2) is 0 Å². The fourth-order valence-corrected chi connectivity index (χ4v) is 3.38. The van der Waals surface area contributed by atoms with Gasteiger partial charge in [0.1, 0.15) is 11.5 Å². The van der Waals surface area contributed by atoms with E-state index >= 15 is 0 Å². The van der Waals surface area contributed by atoms with Crippen molar-refractivity contribution in [2.75, 3.05) is 7.11 Å². The van der Waals surface area contributed by atoms with Gasteiger partial charge in [-0.25, -0.2) is 4.79 Å². The molecule has 1 aliphatic rings. The van der Waals surface area contributed by atoms with Crippen LogP contribution >= 0.6 is 0 Å². The molecule has 1 aliphatic carbocycles. The van der Waals surface area contributed by atoms with Gasteiger partial charge in [-0.2, -0.15) is 13.2 Å². The third kappa shape index (κ3) is 4.11. The summed E-state index contributed by atoms with van der Waals surface area (Å²) < 4.78 is 50.1. The maximum absolute atomic E-state index is 13.4. The number of carbonyl (C=O) groups excluding carboxylic acids is 1. The summed E-state index contributed by atoms with van der Waals surface area (Å²) in [6.45, 7) is 0. The second kappa shape index (κ2) is 7.53. The number of fused-ring (bicyclic) bond motifs is 1. The van der Waals surface area contributed by atoms with Crippen LogP contribution in [0.5, 0.6) is 11.5 Å². The van der Waals surface area contributed by atoms with Crippen molar-refractivity contribution in [1.82, 2.24) is 0 Å². The summed E-state index contributed by atoms with van der Waals surface area (Å²) in [5.74, 6) is -2.09. The van der Waals surface area contributed by atoms with Gasteiger partial charge < -0.3 is 14.6 Å². The maximum atomic E-state index is 13.4. The summed E-state index contributed by atoms with van der Waals surface area (Å²) in [7, 11) is 1.09. The summed E-state index contributed by atoms with van der Waals surface area (Å²) in [6, 6.07) is 7.82. The van der Waals surface area contributed by atoms with Crippen LogP contribution in [0.4, 0.5) is 13.2 Å². The molecule has 0 saturated heterocycles. The molecule has 2 aromatic rings. The minimum atomic E-state index is -4.72. The first-order valence-electron chi connectivity index (χ1n) is 8.51. The largest absolute Gasteiger partial charge is 0.481 e. The molecule has 0 unspecified atom stereocenters. The zero-order valence-electron chi connectivity index (χ0n) is 14.9. The van der Waals surface area contributed by atoms with E-state index in [0.29, 0.717) is 18.9 Å². The number of carboxylic acids is 1. The van der Waals surface area contributed by atoms with Crippen molar-refractivity contribution >= 4 is 11.9 Å². The Hall–Kier alpha value is -3.03. The summed E-state index contributed by atoms with van der Waals surface area (Å²) in [6.07, 6.45) is -3.40. The molecule has 0 amide bonds. The van der Waals surface area contributed by atoms with Gasteiger partial charge >= 0.3 is 18.1 Å². The van der Waals surface area contributed by atoms with Crippen LogP contribution in [0.1, 0.15) is 45.8 Å². The highest BCUT2D eigenvalue weighted by Gasteiger charge is 2.35. The van der Waals surface area contributed by atoms with E-state index in [-0.39, 0.29) is 23.7 Å². The molecule has 0 spiro atoms. The number of benzene rings is 2. The molecule has 28 heavy (non-hydrogen) atoms. The Balaban J connectivity index is 1.90. The average molecular weight is 394 g/mol. The number of methoxy groups -OCH3 is 1. The highest BCUT2D eigenvalue weighted by atomic mass is 19.4. The van der Waals surface area contributed by atoms with Crippen LogP contribution < -0.4 is 4.74 Å². The van der Waals surface area contributed by atoms with Crippen LogP contribution in [0.25, 0.3) is 0 Å². The summed E-state index contributed by atoms with van der Waals surface area (Å²) in [5.41, 5.74) is 0.433. The van der Waals surface area contributed by atoms with E-state index in [0.717, 1.165) is 24.3 Å². The third-order valence-corrected chi connectivity index (χ3v) is 4.67. The van der Waals surface area contributed by atoms with E-state index in [1.807, 2.05) is 0 Å². The van der Waals surface area contributed by atoms with Crippen molar-refractivity contribution < 1.29 is 37.3 Å². The molecular weight excluding hydrogens is 377 g/mol. The molecule has 1 atom stereocenters. The molecule has 1 N–H and O–H groups in total. The minimum Gasteiger partial charge on any atom is -0.481 e. The Kier molecular flexibility index (Phi) is 5.31. The number of carbonyl (C=O) groups is 2. The second-order valence-corrected chi connectivity index (χ2v) is 6.50. The van der Waals surface area contributed by atoms with Crippen molar-refractivity contribution in [2.45, 2.75) is 31.4 Å². The van der Waals surface area contributed by atoms with Gasteiger partial charge in [-0.05, 0) is 60.2 Å². The van der Waals surface area contributed by atoms with Gasteiger partial charge in [0, 0.05) is 0 Å². The van der Waals surface area contributed by atoms with Crippen LogP contribution in [0.2, 0.25) is 0 Å². The molecule has 0 bridgehead atoms. The van der Waals surface area contributed by atoms with Gasteiger partial charge in [-0.1, -0.05) is 6.07 Å². The molecule has 0 radical (unpaired) electrons. The fourth-order valence-electron chi connectivity index (χ4n) is 3.38. The number of hydrogen-bond donors (Lipinski definition) is 1. The van der Waals surface area contributed by atoms with Crippen molar-refractivity contribution in [3.8, 4) is 11.5 Å². The Morgan fingerprint density at radius 1 is 1.18 bits per heavy atom. The third-order valence-electron chi connectivity index (χ3n) is 4.67. The summed E-state index contributed by atoms with van der Waals surface area (Å²) in [5, 5.41) is 8.97. The Bertz CT molecular complexity index is 921. The number of aryl methyl sites for hydroxylation is 1. The molecule has 3 rings (SSSR count). The molecule has 0 saturated carbocycles. The lowest BCUT2D eigenvalue weighted by atomic mass is 9.98. The number of aliphatic carboxylic acids is 1. The van der Waals surface area contributed by atoms with E-state index in [1.165, 1.54) is 12.1 Å². The first-order chi connectivity index (χ1) is 13.2. The van der Waals surface area contributed by atoms with E-state index < -0.39 is 29.4 Å². The second-order valence-electron chi connectivity index (χ2n) is 6.50. The van der Waals surface area contributed by atoms with Gasteiger partial charge in [-0.3, -0.25) is 4.79 Å². The van der Waals surface area contributed by atoms with Crippen LogP contribution in [-0.2, 0) is 22.1 Å². The van der Waals surface area contributed by atoms with Gasteiger partial charge in [0.05, 0.1) is 24.7 Å². The van der Waals surface area contributed by atoms with Crippen LogP contribution in [-0.4, -0.2) is 24.2 Å². The van der Waals surface area contributed by atoms with Crippen molar-refractivity contribution in [1.29, 1.82) is 0 Å². The molecule has 0 fully saturated rings. The Morgan fingerprint density at radius 2 is 1.93 bits per heavy atom. The van der Waals surface area contributed by atoms with Gasteiger partial charge in [0.25, 0.3) is 0 Å². The standard InChI is InChI=1S/C20H17F3O5/c1-27-19(26)13-4-7-17(16(9-13)20(21,22)23)28-14-5-6-15-11(8-14)2-3-12(15)10-18(24)25/h4-9,12H,2-3,10H2,1H3,(H,24,25)/t12-/m0/s1. The van der Waals surface area contributed by atoms with E-state index in [9.17, 15) is 22.8 Å². The first kappa shape index (κ1) is 19.7. The Morgan fingerprint density at radius 3 is 2.57 bits per heavy atom. The topological polar surface area (TPSA) is 72.8 Å². The molecule has 2 aromatic carbocycles. The molecule has 0 aliphatic heterocycles. The number of hydrogen-bond acceptors (Lipinski definition) is 4. The lowest BCUT2D eigenvalue weighted by Gasteiger charge is -2.16. The molecule has 5 nitrogen and oxygen atoms in total. The lowest BCUT2D eigenvalue weighted by Crippen LogP contribution is -2.10.